The molecule has 0 spiro atoms. The molecule has 0 aliphatic carbocycles. The summed E-state index contributed by atoms with van der Waals surface area (Å²) in [6, 6.07) is 13.3. The Balaban J connectivity index is 1.62. The SMILES string of the molecule is COCc1cccc2c1CC(C)N2c1nnc(OC)c(NCc2cccc(B(O)O)c2)n1. The maximum atomic E-state index is 9.40. The summed E-state index contributed by atoms with van der Waals surface area (Å²) in [5.74, 6) is 1.22. The third-order valence-electron chi connectivity index (χ3n) is 5.51. The molecule has 0 saturated carbocycles. The lowest BCUT2D eigenvalue weighted by molar-refractivity contribution is 0.184. The Bertz CT molecular complexity index is 1100. The standard InChI is InChI=1S/C22H26BN5O4/c1-14-10-18-16(13-31-2)7-5-9-19(18)28(14)22-25-20(21(32-3)26-27-22)24-12-15-6-4-8-17(11-15)23(29)30/h4-9,11,14,29-30H,10,12-13H2,1-3H3,(H,24,25,27). The van der Waals surface area contributed by atoms with Crippen LogP contribution in [0.1, 0.15) is 23.6 Å². The van der Waals surface area contributed by atoms with Crippen LogP contribution in [0.3, 0.4) is 0 Å². The minimum atomic E-state index is -1.52. The summed E-state index contributed by atoms with van der Waals surface area (Å²) < 4.78 is 10.7. The van der Waals surface area contributed by atoms with Crippen molar-refractivity contribution >= 4 is 30.0 Å². The largest absolute Gasteiger partial charge is 0.488 e. The normalized spacial score (nSPS) is 14.9. The first-order valence-electron chi connectivity index (χ1n) is 10.4. The van der Waals surface area contributed by atoms with Gasteiger partial charge in [0.1, 0.15) is 0 Å². The number of rotatable bonds is 8. The van der Waals surface area contributed by atoms with Gasteiger partial charge in [-0.2, -0.15) is 4.98 Å². The number of aromatic nitrogens is 3. The fraction of sp³-hybridized carbons (Fsp3) is 0.318. The molecular weight excluding hydrogens is 409 g/mol. The summed E-state index contributed by atoms with van der Waals surface area (Å²) in [5.41, 5.74) is 4.73. The molecule has 0 radical (unpaired) electrons. The summed E-state index contributed by atoms with van der Waals surface area (Å²) in [6.07, 6.45) is 0.864. The van der Waals surface area contributed by atoms with Crippen molar-refractivity contribution in [2.75, 3.05) is 24.4 Å². The van der Waals surface area contributed by atoms with E-state index in [9.17, 15) is 10.0 Å². The lowest BCUT2D eigenvalue weighted by Crippen LogP contribution is -2.30. The maximum absolute atomic E-state index is 9.40. The van der Waals surface area contributed by atoms with Crippen molar-refractivity contribution in [3.05, 3.63) is 59.2 Å². The fourth-order valence-corrected chi connectivity index (χ4v) is 4.01. The zero-order chi connectivity index (χ0) is 22.7. The fourth-order valence-electron chi connectivity index (χ4n) is 4.01. The predicted molar refractivity (Wildman–Crippen MR) is 122 cm³/mol. The lowest BCUT2D eigenvalue weighted by Gasteiger charge is -2.23. The van der Waals surface area contributed by atoms with Gasteiger partial charge in [0.25, 0.3) is 11.8 Å². The molecule has 3 N–H and O–H groups in total. The van der Waals surface area contributed by atoms with Gasteiger partial charge in [-0.15, -0.1) is 10.2 Å². The molecule has 1 unspecified atom stereocenters. The highest BCUT2D eigenvalue weighted by molar-refractivity contribution is 6.58. The molecule has 1 aliphatic heterocycles. The van der Waals surface area contributed by atoms with E-state index in [0.717, 1.165) is 23.2 Å². The Hall–Kier alpha value is -3.21. The third kappa shape index (κ3) is 4.38. The Labute approximate surface area is 187 Å². The number of anilines is 3. The maximum Gasteiger partial charge on any atom is 0.488 e. The molecule has 9 nitrogen and oxygen atoms in total. The van der Waals surface area contributed by atoms with E-state index in [0.29, 0.717) is 30.4 Å². The van der Waals surface area contributed by atoms with Crippen LogP contribution in [-0.4, -0.2) is 52.6 Å². The second kappa shape index (κ2) is 9.52. The van der Waals surface area contributed by atoms with Crippen LogP contribution in [0.2, 0.25) is 0 Å². The van der Waals surface area contributed by atoms with Crippen molar-refractivity contribution < 1.29 is 19.5 Å². The molecule has 166 valence electrons. The third-order valence-corrected chi connectivity index (χ3v) is 5.51. The van der Waals surface area contributed by atoms with Crippen molar-refractivity contribution in [1.29, 1.82) is 0 Å². The van der Waals surface area contributed by atoms with E-state index in [-0.39, 0.29) is 11.9 Å². The smallest absolute Gasteiger partial charge is 0.477 e. The Kier molecular flexibility index (Phi) is 6.54. The minimum Gasteiger partial charge on any atom is -0.477 e. The van der Waals surface area contributed by atoms with Crippen LogP contribution in [0, 0.1) is 0 Å². The molecule has 1 atom stereocenters. The van der Waals surface area contributed by atoms with Gasteiger partial charge < -0.3 is 29.7 Å². The van der Waals surface area contributed by atoms with Crippen LogP contribution in [0.15, 0.2) is 42.5 Å². The quantitative estimate of drug-likeness (QED) is 0.452. The van der Waals surface area contributed by atoms with Gasteiger partial charge in [0.05, 0.1) is 13.7 Å². The van der Waals surface area contributed by atoms with Crippen LogP contribution in [0.25, 0.3) is 0 Å². The summed E-state index contributed by atoms with van der Waals surface area (Å²) in [6.45, 7) is 3.09. The second-order valence-electron chi connectivity index (χ2n) is 7.71. The van der Waals surface area contributed by atoms with Crippen LogP contribution in [-0.2, 0) is 24.3 Å². The van der Waals surface area contributed by atoms with Gasteiger partial charge in [0, 0.05) is 25.4 Å². The highest BCUT2D eigenvalue weighted by Gasteiger charge is 2.31. The topological polar surface area (TPSA) is 113 Å². The zero-order valence-electron chi connectivity index (χ0n) is 18.3. The first-order chi connectivity index (χ1) is 15.5. The summed E-state index contributed by atoms with van der Waals surface area (Å²) in [4.78, 5) is 6.79. The number of benzene rings is 2. The molecular formula is C22H26BN5O4. The van der Waals surface area contributed by atoms with Gasteiger partial charge in [0.15, 0.2) is 5.82 Å². The highest BCUT2D eigenvalue weighted by atomic mass is 16.5. The first kappa shape index (κ1) is 22.0. The van der Waals surface area contributed by atoms with E-state index < -0.39 is 7.12 Å². The van der Waals surface area contributed by atoms with Gasteiger partial charge in [-0.05, 0) is 41.6 Å². The number of nitrogens with zero attached hydrogens (tertiary/aromatic N) is 4. The van der Waals surface area contributed by atoms with Gasteiger partial charge in [-0.3, -0.25) is 0 Å². The van der Waals surface area contributed by atoms with Crippen LogP contribution in [0.4, 0.5) is 17.5 Å². The summed E-state index contributed by atoms with van der Waals surface area (Å²) in [5, 5.41) is 30.6. The van der Waals surface area contributed by atoms with Crippen molar-refractivity contribution in [2.45, 2.75) is 32.5 Å². The van der Waals surface area contributed by atoms with Crippen LogP contribution < -0.4 is 20.4 Å². The van der Waals surface area contributed by atoms with E-state index in [1.54, 1.807) is 25.3 Å². The number of methoxy groups -OCH3 is 2. The molecule has 0 bridgehead atoms. The van der Waals surface area contributed by atoms with E-state index in [4.69, 9.17) is 14.5 Å². The first-order valence-corrected chi connectivity index (χ1v) is 10.4. The second-order valence-corrected chi connectivity index (χ2v) is 7.71. The Morgan fingerprint density at radius 3 is 2.72 bits per heavy atom. The van der Waals surface area contributed by atoms with Gasteiger partial charge in [-0.1, -0.05) is 36.4 Å². The average molecular weight is 435 g/mol. The number of hydrogen-bond acceptors (Lipinski definition) is 9. The van der Waals surface area contributed by atoms with Crippen molar-refractivity contribution in [2.24, 2.45) is 0 Å². The molecule has 2 heterocycles. The van der Waals surface area contributed by atoms with Crippen molar-refractivity contribution in [3.8, 4) is 5.88 Å². The van der Waals surface area contributed by atoms with Gasteiger partial charge in [0.2, 0.25) is 0 Å². The van der Waals surface area contributed by atoms with E-state index in [2.05, 4.69) is 39.5 Å². The number of nitrogens with one attached hydrogen (secondary N) is 1. The number of hydrogen-bond donors (Lipinski definition) is 3. The number of fused-ring (bicyclic) bond motifs is 1. The summed E-state index contributed by atoms with van der Waals surface area (Å²) in [7, 11) is 1.70. The molecule has 0 saturated heterocycles. The monoisotopic (exact) mass is 435 g/mol. The number of ether oxygens (including phenoxy) is 2. The van der Waals surface area contributed by atoms with E-state index in [1.165, 1.54) is 12.7 Å². The average Bonchev–Trinajstić information content (AvgIpc) is 3.14. The van der Waals surface area contributed by atoms with Crippen molar-refractivity contribution in [3.63, 3.8) is 0 Å². The molecule has 1 aromatic heterocycles. The van der Waals surface area contributed by atoms with E-state index in [1.807, 2.05) is 12.1 Å². The van der Waals surface area contributed by atoms with Gasteiger partial charge in [-0.25, -0.2) is 0 Å². The Morgan fingerprint density at radius 1 is 1.16 bits per heavy atom. The molecule has 10 heteroatoms. The predicted octanol–water partition coefficient (Wildman–Crippen LogP) is 1.40. The van der Waals surface area contributed by atoms with Crippen LogP contribution >= 0.6 is 0 Å². The van der Waals surface area contributed by atoms with Crippen LogP contribution in [0.5, 0.6) is 5.88 Å². The highest BCUT2D eigenvalue weighted by Crippen LogP contribution is 2.39. The van der Waals surface area contributed by atoms with Gasteiger partial charge >= 0.3 is 7.12 Å². The minimum absolute atomic E-state index is 0.161. The molecule has 3 aromatic rings. The lowest BCUT2D eigenvalue weighted by atomic mass is 9.80. The molecule has 0 fully saturated rings. The Morgan fingerprint density at radius 2 is 1.97 bits per heavy atom. The summed E-state index contributed by atoms with van der Waals surface area (Å²) >= 11 is 0. The molecule has 32 heavy (non-hydrogen) atoms. The van der Waals surface area contributed by atoms with Crippen molar-refractivity contribution in [1.82, 2.24) is 15.2 Å². The molecule has 4 rings (SSSR count). The van der Waals surface area contributed by atoms with E-state index >= 15 is 0 Å². The molecule has 2 aromatic carbocycles. The molecule has 0 amide bonds. The zero-order valence-corrected chi connectivity index (χ0v) is 18.3. The molecule has 1 aliphatic rings.